The molecule has 176 valence electrons. The van der Waals surface area contributed by atoms with Gasteiger partial charge >= 0.3 is 0 Å². The van der Waals surface area contributed by atoms with Crippen LogP contribution in [0.25, 0.3) is 11.5 Å². The molecule has 0 amide bonds. The number of Topliss-reactive ketones (excluding diaryl/α,β-unsaturated/α-hetero) is 1. The summed E-state index contributed by atoms with van der Waals surface area (Å²) in [6, 6.07) is 16.3. The molecule has 0 spiro atoms. The largest absolute Gasteiger partial charge is 0.494 e. The van der Waals surface area contributed by atoms with Crippen molar-refractivity contribution in [2.75, 3.05) is 18.6 Å². The molecule has 0 fully saturated rings. The topological polar surface area (TPSA) is 52.3 Å². The first kappa shape index (κ1) is 25.4. The number of ether oxygens (including phenoxy) is 1. The summed E-state index contributed by atoms with van der Waals surface area (Å²) in [6.45, 7) is 6.94. The third kappa shape index (κ3) is 7.68. The number of oxazole rings is 1. The highest BCUT2D eigenvalue weighted by atomic mass is 32.2. The highest BCUT2D eigenvalue weighted by molar-refractivity contribution is 7.99. The lowest BCUT2D eigenvalue weighted by molar-refractivity contribution is -0.116. The second-order valence-corrected chi connectivity index (χ2v) is 10.0. The number of benzene rings is 2. The van der Waals surface area contributed by atoms with E-state index in [9.17, 15) is 4.79 Å². The molecule has 0 aliphatic carbocycles. The Morgan fingerprint density at radius 1 is 1.12 bits per heavy atom. The molecule has 2 aromatic carbocycles. The molecule has 1 atom stereocenters. The molecule has 1 aromatic heterocycles. The van der Waals surface area contributed by atoms with Crippen LogP contribution in [0.3, 0.4) is 0 Å². The molecule has 3 aromatic rings. The van der Waals surface area contributed by atoms with Crippen LogP contribution >= 0.6 is 23.5 Å². The van der Waals surface area contributed by atoms with Crippen molar-refractivity contribution < 1.29 is 13.9 Å². The Labute approximate surface area is 205 Å². The van der Waals surface area contributed by atoms with Crippen LogP contribution in [0.15, 0.2) is 57.8 Å². The molecule has 4 nitrogen and oxygen atoms in total. The van der Waals surface area contributed by atoms with Crippen molar-refractivity contribution in [1.29, 1.82) is 0 Å². The van der Waals surface area contributed by atoms with Crippen molar-refractivity contribution in [3.63, 3.8) is 0 Å². The minimum absolute atomic E-state index is 0.187. The molecule has 0 aliphatic rings. The molecular formula is C27H33NO3S2. The summed E-state index contributed by atoms with van der Waals surface area (Å²) >= 11 is 3.31. The molecule has 3 rings (SSSR count). The number of unbranched alkanes of at least 4 members (excludes halogenated alkanes) is 1. The number of thioether (sulfide) groups is 2. The first-order chi connectivity index (χ1) is 16.0. The van der Waals surface area contributed by atoms with Crippen LogP contribution in [-0.4, -0.2) is 29.4 Å². The molecule has 1 unspecified atom stereocenters. The summed E-state index contributed by atoms with van der Waals surface area (Å²) in [5.74, 6) is 3.93. The second kappa shape index (κ2) is 12.9. The number of nitrogens with zero attached hydrogens (tertiary/aromatic N) is 1. The Morgan fingerprint density at radius 3 is 2.52 bits per heavy atom. The highest BCUT2D eigenvalue weighted by Crippen LogP contribution is 2.27. The van der Waals surface area contributed by atoms with E-state index in [0.717, 1.165) is 42.2 Å². The monoisotopic (exact) mass is 483 g/mol. The fourth-order valence-electron chi connectivity index (χ4n) is 3.43. The summed E-state index contributed by atoms with van der Waals surface area (Å²) in [5.41, 5.74) is 3.04. The highest BCUT2D eigenvalue weighted by Gasteiger charge is 2.15. The van der Waals surface area contributed by atoms with E-state index in [-0.39, 0.29) is 11.7 Å². The van der Waals surface area contributed by atoms with Gasteiger partial charge in [-0.1, -0.05) is 32.4 Å². The lowest BCUT2D eigenvalue weighted by Gasteiger charge is -2.12. The fourth-order valence-corrected chi connectivity index (χ4v) is 4.74. The van der Waals surface area contributed by atoms with Gasteiger partial charge in [0.05, 0.1) is 18.1 Å². The predicted molar refractivity (Wildman–Crippen MR) is 140 cm³/mol. The van der Waals surface area contributed by atoms with Gasteiger partial charge in [0.25, 0.3) is 0 Å². The van der Waals surface area contributed by atoms with Crippen LogP contribution in [0.5, 0.6) is 5.75 Å². The van der Waals surface area contributed by atoms with Crippen LogP contribution in [0.1, 0.15) is 56.0 Å². The fraction of sp³-hybridized carbons (Fsp3) is 0.407. The summed E-state index contributed by atoms with van der Waals surface area (Å²) < 4.78 is 11.6. The Balaban J connectivity index is 1.45. The van der Waals surface area contributed by atoms with E-state index >= 15 is 0 Å². The maximum atomic E-state index is 12.5. The van der Waals surface area contributed by atoms with Crippen molar-refractivity contribution >= 4 is 29.3 Å². The number of ketones is 1. The third-order valence-electron chi connectivity index (χ3n) is 5.48. The number of aromatic nitrogens is 1. The van der Waals surface area contributed by atoms with Gasteiger partial charge < -0.3 is 9.15 Å². The SMILES string of the molecule is CCCCOc1ccc(C(C)CC(=O)CSCc2nc(-c3ccc(SC)cc3)oc2C)cc1. The summed E-state index contributed by atoms with van der Waals surface area (Å²) in [6.07, 6.45) is 4.78. The molecule has 0 saturated heterocycles. The van der Waals surface area contributed by atoms with Gasteiger partial charge in [0.15, 0.2) is 0 Å². The standard InChI is InChI=1S/C27H33NO3S2/c1-5-6-15-30-24-11-7-21(8-12-24)19(2)16-23(29)17-33-18-26-20(3)31-27(28-26)22-9-13-25(32-4)14-10-22/h7-14,19H,5-6,15-18H2,1-4H3. The quantitative estimate of drug-likeness (QED) is 0.185. The van der Waals surface area contributed by atoms with Crippen molar-refractivity contribution in [1.82, 2.24) is 4.98 Å². The van der Waals surface area contributed by atoms with Crippen molar-refractivity contribution in [3.05, 3.63) is 65.5 Å². The number of carbonyl (C=O) groups is 1. The van der Waals surface area contributed by atoms with Crippen LogP contribution < -0.4 is 4.74 Å². The van der Waals surface area contributed by atoms with Crippen molar-refractivity contribution in [2.24, 2.45) is 0 Å². The van der Waals surface area contributed by atoms with E-state index in [0.29, 0.717) is 23.8 Å². The van der Waals surface area contributed by atoms with Crippen molar-refractivity contribution in [3.8, 4) is 17.2 Å². The zero-order valence-electron chi connectivity index (χ0n) is 19.9. The number of hydrogen-bond acceptors (Lipinski definition) is 6. The maximum absolute atomic E-state index is 12.5. The summed E-state index contributed by atoms with van der Waals surface area (Å²) in [4.78, 5) is 18.4. The van der Waals surface area contributed by atoms with E-state index in [2.05, 4.69) is 49.4 Å². The Hall–Kier alpha value is -2.18. The van der Waals surface area contributed by atoms with Gasteiger partial charge in [0.2, 0.25) is 5.89 Å². The molecular weight excluding hydrogens is 450 g/mol. The maximum Gasteiger partial charge on any atom is 0.226 e. The third-order valence-corrected chi connectivity index (χ3v) is 7.23. The zero-order chi connectivity index (χ0) is 23.6. The first-order valence-electron chi connectivity index (χ1n) is 11.4. The predicted octanol–water partition coefficient (Wildman–Crippen LogP) is 7.55. The van der Waals surface area contributed by atoms with Gasteiger partial charge in [-0.15, -0.1) is 23.5 Å². The smallest absolute Gasteiger partial charge is 0.226 e. The first-order valence-corrected chi connectivity index (χ1v) is 13.8. The van der Waals surface area contributed by atoms with Crippen LogP contribution in [0.2, 0.25) is 0 Å². The van der Waals surface area contributed by atoms with Gasteiger partial charge in [0, 0.05) is 22.6 Å². The van der Waals surface area contributed by atoms with Crippen LogP contribution in [0, 0.1) is 6.92 Å². The van der Waals surface area contributed by atoms with Crippen LogP contribution in [0.4, 0.5) is 0 Å². The van der Waals surface area contributed by atoms with Gasteiger partial charge in [-0.05, 0) is 67.5 Å². The Bertz CT molecular complexity index is 1010. The lowest BCUT2D eigenvalue weighted by Crippen LogP contribution is -2.07. The number of carbonyl (C=O) groups excluding carboxylic acids is 1. The molecule has 6 heteroatoms. The van der Waals surface area contributed by atoms with E-state index < -0.39 is 0 Å². The van der Waals surface area contributed by atoms with Crippen molar-refractivity contribution in [2.45, 2.75) is 56.6 Å². The van der Waals surface area contributed by atoms with E-state index in [1.54, 1.807) is 23.5 Å². The molecule has 1 heterocycles. The number of hydrogen-bond donors (Lipinski definition) is 0. The Morgan fingerprint density at radius 2 is 1.85 bits per heavy atom. The minimum Gasteiger partial charge on any atom is -0.494 e. The minimum atomic E-state index is 0.187. The summed E-state index contributed by atoms with van der Waals surface area (Å²) in [5, 5.41) is 0. The lowest BCUT2D eigenvalue weighted by atomic mass is 9.96. The average molecular weight is 484 g/mol. The molecule has 0 N–H and O–H groups in total. The zero-order valence-corrected chi connectivity index (χ0v) is 21.6. The molecule has 0 radical (unpaired) electrons. The molecule has 33 heavy (non-hydrogen) atoms. The van der Waals surface area contributed by atoms with Gasteiger partial charge in [-0.2, -0.15) is 0 Å². The Kier molecular flexibility index (Phi) is 9.95. The van der Waals surface area contributed by atoms with Gasteiger partial charge in [-0.3, -0.25) is 4.79 Å². The number of aryl methyl sites for hydroxylation is 1. The molecule has 0 saturated carbocycles. The van der Waals surface area contributed by atoms with Crippen LogP contribution in [-0.2, 0) is 10.5 Å². The normalized spacial score (nSPS) is 12.0. The number of rotatable bonds is 13. The van der Waals surface area contributed by atoms with Gasteiger partial charge in [-0.25, -0.2) is 4.98 Å². The van der Waals surface area contributed by atoms with E-state index in [1.165, 1.54) is 10.5 Å². The average Bonchev–Trinajstić information content (AvgIpc) is 3.20. The second-order valence-electron chi connectivity index (χ2n) is 8.16. The molecule has 0 bridgehead atoms. The molecule has 0 aliphatic heterocycles. The van der Waals surface area contributed by atoms with E-state index in [4.69, 9.17) is 9.15 Å². The van der Waals surface area contributed by atoms with E-state index in [1.807, 2.05) is 31.2 Å². The summed E-state index contributed by atoms with van der Waals surface area (Å²) in [7, 11) is 0. The van der Waals surface area contributed by atoms with Gasteiger partial charge in [0.1, 0.15) is 17.3 Å².